The predicted molar refractivity (Wildman–Crippen MR) is 61.4 cm³/mol. The van der Waals surface area contributed by atoms with Crippen LogP contribution in [0.4, 0.5) is 5.69 Å². The number of hydrogen-bond acceptors (Lipinski definition) is 4. The van der Waals surface area contributed by atoms with Crippen LogP contribution in [0.15, 0.2) is 24.3 Å². The molecule has 92 valence electrons. The topological polar surface area (TPSA) is 113 Å². The number of carbonyl (C=O) groups is 2. The number of anilines is 1. The number of hydrogen-bond donors (Lipinski definition) is 4. The van der Waals surface area contributed by atoms with Gasteiger partial charge in [-0.15, -0.1) is 0 Å². The van der Waals surface area contributed by atoms with Gasteiger partial charge in [0.1, 0.15) is 0 Å². The molecular weight excluding hydrogens is 224 g/mol. The maximum atomic E-state index is 11.6. The minimum Gasteiger partial charge on any atom is -0.479 e. The Bertz CT molecular complexity index is 443. The highest BCUT2D eigenvalue weighted by Gasteiger charge is 2.30. The molecule has 0 saturated carbocycles. The molecule has 6 nitrogen and oxygen atoms in total. The lowest BCUT2D eigenvalue weighted by Gasteiger charge is -2.18. The van der Waals surface area contributed by atoms with Gasteiger partial charge in [-0.3, -0.25) is 4.79 Å². The summed E-state index contributed by atoms with van der Waals surface area (Å²) in [5, 5.41) is 20.4. The molecule has 0 bridgehead atoms. The van der Waals surface area contributed by atoms with Crippen LogP contribution in [0.1, 0.15) is 17.3 Å². The first-order valence-electron chi connectivity index (χ1n) is 4.92. The molecule has 0 spiro atoms. The molecule has 0 aliphatic heterocycles. The van der Waals surface area contributed by atoms with Crippen molar-refractivity contribution in [1.82, 2.24) is 5.32 Å². The number of amides is 1. The van der Waals surface area contributed by atoms with E-state index in [4.69, 9.17) is 10.8 Å². The average molecular weight is 238 g/mol. The van der Waals surface area contributed by atoms with E-state index in [1.54, 1.807) is 18.2 Å². The quantitative estimate of drug-likeness (QED) is 0.544. The molecular formula is C11H14N2O4. The van der Waals surface area contributed by atoms with Crippen LogP contribution in [0.5, 0.6) is 0 Å². The van der Waals surface area contributed by atoms with Crippen LogP contribution in [0.3, 0.4) is 0 Å². The number of aliphatic carboxylic acids is 1. The Morgan fingerprint density at radius 1 is 1.47 bits per heavy atom. The second-order valence-electron chi connectivity index (χ2n) is 3.89. The molecule has 1 atom stereocenters. The molecule has 1 rings (SSSR count). The fraction of sp³-hybridized carbons (Fsp3) is 0.273. The van der Waals surface area contributed by atoms with Crippen LogP contribution in [-0.4, -0.2) is 34.2 Å². The lowest BCUT2D eigenvalue weighted by molar-refractivity contribution is -0.155. The fourth-order valence-corrected chi connectivity index (χ4v) is 1.11. The van der Waals surface area contributed by atoms with E-state index >= 15 is 0 Å². The largest absolute Gasteiger partial charge is 0.479 e. The highest BCUT2D eigenvalue weighted by atomic mass is 16.4. The summed E-state index contributed by atoms with van der Waals surface area (Å²) < 4.78 is 0. The summed E-state index contributed by atoms with van der Waals surface area (Å²) in [4.78, 5) is 22.2. The van der Waals surface area contributed by atoms with Gasteiger partial charge in [0.25, 0.3) is 5.91 Å². The van der Waals surface area contributed by atoms with Gasteiger partial charge < -0.3 is 21.3 Å². The third kappa shape index (κ3) is 3.46. The molecule has 1 amide bonds. The van der Waals surface area contributed by atoms with Crippen molar-refractivity contribution in [2.24, 2.45) is 0 Å². The maximum Gasteiger partial charge on any atom is 0.337 e. The molecule has 0 aliphatic carbocycles. The number of carboxylic acid groups (broad SMARTS) is 1. The minimum absolute atomic E-state index is 0.311. The van der Waals surface area contributed by atoms with Gasteiger partial charge in [0.05, 0.1) is 6.54 Å². The molecule has 0 saturated heterocycles. The van der Waals surface area contributed by atoms with Crippen LogP contribution >= 0.6 is 0 Å². The molecule has 0 heterocycles. The van der Waals surface area contributed by atoms with Crippen molar-refractivity contribution in [1.29, 1.82) is 0 Å². The molecule has 0 aromatic heterocycles. The highest BCUT2D eigenvalue weighted by molar-refractivity contribution is 5.95. The molecule has 5 N–H and O–H groups in total. The van der Waals surface area contributed by atoms with Gasteiger partial charge >= 0.3 is 5.97 Å². The summed E-state index contributed by atoms with van der Waals surface area (Å²) >= 11 is 0. The van der Waals surface area contributed by atoms with E-state index in [1.165, 1.54) is 6.07 Å². The normalized spacial score (nSPS) is 13.8. The molecule has 1 unspecified atom stereocenters. The fourth-order valence-electron chi connectivity index (χ4n) is 1.11. The summed E-state index contributed by atoms with van der Waals surface area (Å²) in [6.07, 6.45) is 0. The van der Waals surface area contributed by atoms with Crippen molar-refractivity contribution in [3.8, 4) is 0 Å². The van der Waals surface area contributed by atoms with Gasteiger partial charge in [0.2, 0.25) is 0 Å². The van der Waals surface area contributed by atoms with Crippen molar-refractivity contribution in [2.75, 3.05) is 12.3 Å². The number of nitrogens with two attached hydrogens (primary N) is 1. The number of aliphatic hydroxyl groups is 1. The van der Waals surface area contributed by atoms with E-state index in [9.17, 15) is 14.7 Å². The summed E-state index contributed by atoms with van der Waals surface area (Å²) in [6.45, 7) is 0.727. The molecule has 1 aromatic rings. The Balaban J connectivity index is 2.65. The van der Waals surface area contributed by atoms with Crippen LogP contribution in [0.2, 0.25) is 0 Å². The van der Waals surface area contributed by atoms with Gasteiger partial charge in [0.15, 0.2) is 5.60 Å². The maximum absolute atomic E-state index is 11.6. The summed E-state index contributed by atoms with van der Waals surface area (Å²) in [7, 11) is 0. The van der Waals surface area contributed by atoms with Crippen LogP contribution < -0.4 is 11.1 Å². The Hall–Kier alpha value is -2.08. The van der Waals surface area contributed by atoms with E-state index in [-0.39, 0.29) is 6.54 Å². The molecule has 0 radical (unpaired) electrons. The molecule has 1 aromatic carbocycles. The van der Waals surface area contributed by atoms with Gasteiger partial charge in [-0.05, 0) is 25.1 Å². The van der Waals surface area contributed by atoms with Crippen LogP contribution in [0.25, 0.3) is 0 Å². The first-order chi connectivity index (χ1) is 7.83. The lowest BCUT2D eigenvalue weighted by atomic mass is 10.1. The zero-order valence-electron chi connectivity index (χ0n) is 9.30. The molecule has 0 aliphatic rings. The number of carboxylic acids is 1. The number of nitrogen functional groups attached to an aromatic ring is 1. The van der Waals surface area contributed by atoms with Crippen molar-refractivity contribution >= 4 is 17.6 Å². The van der Waals surface area contributed by atoms with Crippen molar-refractivity contribution < 1.29 is 19.8 Å². The average Bonchev–Trinajstić information content (AvgIpc) is 2.25. The van der Waals surface area contributed by atoms with Gasteiger partial charge in [-0.25, -0.2) is 4.79 Å². The number of nitrogens with one attached hydrogen (secondary N) is 1. The Morgan fingerprint density at radius 3 is 2.65 bits per heavy atom. The van der Waals surface area contributed by atoms with Gasteiger partial charge in [-0.1, -0.05) is 6.07 Å². The van der Waals surface area contributed by atoms with E-state index in [0.29, 0.717) is 11.3 Å². The van der Waals surface area contributed by atoms with Gasteiger partial charge in [-0.2, -0.15) is 0 Å². The molecule has 0 fully saturated rings. The van der Waals surface area contributed by atoms with Crippen LogP contribution in [0, 0.1) is 0 Å². The number of rotatable bonds is 4. The minimum atomic E-state index is -1.99. The first-order valence-corrected chi connectivity index (χ1v) is 4.92. The monoisotopic (exact) mass is 238 g/mol. The van der Waals surface area contributed by atoms with Crippen LogP contribution in [-0.2, 0) is 4.79 Å². The summed E-state index contributed by atoms with van der Waals surface area (Å²) in [6, 6.07) is 6.25. The third-order valence-electron chi connectivity index (χ3n) is 2.20. The van der Waals surface area contributed by atoms with Gasteiger partial charge in [0, 0.05) is 11.3 Å². The van der Waals surface area contributed by atoms with Crippen molar-refractivity contribution in [3.63, 3.8) is 0 Å². The second-order valence-corrected chi connectivity index (χ2v) is 3.89. The Morgan fingerprint density at radius 2 is 2.12 bits per heavy atom. The standard InChI is InChI=1S/C11H14N2O4/c1-11(17,10(15)16)6-13-9(14)7-3-2-4-8(12)5-7/h2-5,17H,6,12H2,1H3,(H,13,14)(H,15,16). The van der Waals surface area contributed by atoms with E-state index in [1.807, 2.05) is 0 Å². The van der Waals surface area contributed by atoms with Crippen molar-refractivity contribution in [3.05, 3.63) is 29.8 Å². The summed E-state index contributed by atoms with van der Waals surface area (Å²) in [5.41, 5.74) is 4.26. The second kappa shape index (κ2) is 4.84. The summed E-state index contributed by atoms with van der Waals surface area (Å²) in [5.74, 6) is -1.88. The smallest absolute Gasteiger partial charge is 0.337 e. The number of benzene rings is 1. The van der Waals surface area contributed by atoms with Crippen molar-refractivity contribution in [2.45, 2.75) is 12.5 Å². The Kier molecular flexibility index (Phi) is 3.69. The van der Waals surface area contributed by atoms with E-state index in [0.717, 1.165) is 6.92 Å². The zero-order chi connectivity index (χ0) is 13.1. The lowest BCUT2D eigenvalue weighted by Crippen LogP contribution is -2.46. The zero-order valence-corrected chi connectivity index (χ0v) is 9.30. The molecule has 17 heavy (non-hydrogen) atoms. The third-order valence-corrected chi connectivity index (χ3v) is 2.20. The van der Waals surface area contributed by atoms with E-state index < -0.39 is 17.5 Å². The SMILES string of the molecule is CC(O)(CNC(=O)c1cccc(N)c1)C(=O)O. The highest BCUT2D eigenvalue weighted by Crippen LogP contribution is 2.07. The predicted octanol–water partition coefficient (Wildman–Crippen LogP) is -0.166. The molecule has 6 heteroatoms. The number of carbonyl (C=O) groups excluding carboxylic acids is 1. The Labute approximate surface area is 98.1 Å². The first kappa shape index (κ1) is 13.0. The van der Waals surface area contributed by atoms with E-state index in [2.05, 4.69) is 5.32 Å².